The summed E-state index contributed by atoms with van der Waals surface area (Å²) in [7, 11) is 1.69. The Balaban J connectivity index is 2.53. The van der Waals surface area contributed by atoms with Crippen molar-refractivity contribution in [1.82, 2.24) is 0 Å². The lowest BCUT2D eigenvalue weighted by Crippen LogP contribution is -2.22. The summed E-state index contributed by atoms with van der Waals surface area (Å²) in [6.45, 7) is 0. The predicted octanol–water partition coefficient (Wildman–Crippen LogP) is 2.58. The molecule has 1 fully saturated rings. The van der Waals surface area contributed by atoms with Gasteiger partial charge in [0, 0.05) is 7.11 Å². The Bertz CT molecular complexity index is 168. The maximum atomic E-state index is 8.81. The Labute approximate surface area is 79.8 Å². The fourth-order valence-corrected chi connectivity index (χ4v) is 1.86. The minimum Gasteiger partial charge on any atom is -0.411 e. The zero-order valence-corrected chi connectivity index (χ0v) is 8.33. The minimum absolute atomic E-state index is 0.0445. The maximum Gasteiger partial charge on any atom is 0.0985 e. The van der Waals surface area contributed by atoms with Crippen LogP contribution in [0.5, 0.6) is 0 Å². The van der Waals surface area contributed by atoms with Crippen LogP contribution in [0.15, 0.2) is 5.16 Å². The summed E-state index contributed by atoms with van der Waals surface area (Å²) in [5.41, 5.74) is 0.824. The topological polar surface area (TPSA) is 41.8 Å². The number of hydrogen-bond donors (Lipinski definition) is 1. The van der Waals surface area contributed by atoms with Gasteiger partial charge in [-0.15, -0.1) is 0 Å². The van der Waals surface area contributed by atoms with Crippen molar-refractivity contribution in [3.63, 3.8) is 0 Å². The lowest BCUT2D eigenvalue weighted by Gasteiger charge is -2.14. The normalized spacial score (nSPS) is 29.3. The predicted molar refractivity (Wildman–Crippen MR) is 52.3 cm³/mol. The van der Waals surface area contributed by atoms with Crippen molar-refractivity contribution >= 4 is 5.71 Å². The van der Waals surface area contributed by atoms with E-state index in [-0.39, 0.29) is 6.10 Å². The Morgan fingerprint density at radius 1 is 1.23 bits per heavy atom. The van der Waals surface area contributed by atoms with Crippen LogP contribution in [0.1, 0.15) is 44.9 Å². The molecule has 0 heterocycles. The van der Waals surface area contributed by atoms with Gasteiger partial charge in [-0.2, -0.15) is 0 Å². The zero-order valence-electron chi connectivity index (χ0n) is 8.33. The number of ether oxygens (including phenoxy) is 1. The average Bonchev–Trinajstić information content (AvgIpc) is 2.28. The minimum atomic E-state index is 0.0445. The van der Waals surface area contributed by atoms with Crippen LogP contribution in [0.2, 0.25) is 0 Å². The second-order valence-electron chi connectivity index (χ2n) is 3.62. The largest absolute Gasteiger partial charge is 0.411 e. The first-order chi connectivity index (χ1) is 6.38. The third-order valence-electron chi connectivity index (χ3n) is 2.68. The molecule has 1 rings (SSSR count). The van der Waals surface area contributed by atoms with Crippen LogP contribution < -0.4 is 0 Å². The molecule has 0 spiro atoms. The maximum absolute atomic E-state index is 8.81. The third-order valence-corrected chi connectivity index (χ3v) is 2.68. The van der Waals surface area contributed by atoms with Gasteiger partial charge in [-0.1, -0.05) is 30.8 Å². The molecule has 0 bridgehead atoms. The van der Waals surface area contributed by atoms with Gasteiger partial charge in [0.2, 0.25) is 0 Å². The Morgan fingerprint density at radius 3 is 2.62 bits per heavy atom. The average molecular weight is 185 g/mol. The fraction of sp³-hybridized carbons (Fsp3) is 0.900. The van der Waals surface area contributed by atoms with E-state index in [4.69, 9.17) is 9.94 Å². The first-order valence-electron chi connectivity index (χ1n) is 5.12. The molecule has 1 atom stereocenters. The van der Waals surface area contributed by atoms with E-state index in [0.717, 1.165) is 25.0 Å². The summed E-state index contributed by atoms with van der Waals surface area (Å²) in [6.07, 6.45) is 8.05. The van der Waals surface area contributed by atoms with Crippen LogP contribution in [-0.4, -0.2) is 24.1 Å². The van der Waals surface area contributed by atoms with Crippen molar-refractivity contribution in [2.24, 2.45) is 5.16 Å². The van der Waals surface area contributed by atoms with Crippen LogP contribution >= 0.6 is 0 Å². The molecule has 3 heteroatoms. The molecule has 1 N–H and O–H groups in total. The van der Waals surface area contributed by atoms with Gasteiger partial charge in [0.15, 0.2) is 0 Å². The highest BCUT2D eigenvalue weighted by Gasteiger charge is 2.16. The van der Waals surface area contributed by atoms with Gasteiger partial charge in [0.05, 0.1) is 11.8 Å². The number of methoxy groups -OCH3 is 1. The molecular formula is C10H19NO2. The van der Waals surface area contributed by atoms with Gasteiger partial charge in [0.25, 0.3) is 0 Å². The second-order valence-corrected chi connectivity index (χ2v) is 3.62. The fourth-order valence-electron chi connectivity index (χ4n) is 1.86. The Morgan fingerprint density at radius 2 is 1.92 bits per heavy atom. The van der Waals surface area contributed by atoms with Crippen molar-refractivity contribution in [1.29, 1.82) is 0 Å². The highest BCUT2D eigenvalue weighted by molar-refractivity contribution is 5.88. The molecular weight excluding hydrogens is 166 g/mol. The van der Waals surface area contributed by atoms with E-state index in [0.29, 0.717) is 0 Å². The molecule has 13 heavy (non-hydrogen) atoms. The first kappa shape index (κ1) is 10.5. The molecule has 0 aromatic rings. The van der Waals surface area contributed by atoms with Crippen LogP contribution in [0.25, 0.3) is 0 Å². The summed E-state index contributed by atoms with van der Waals surface area (Å²) >= 11 is 0. The quantitative estimate of drug-likeness (QED) is 0.504. The number of nitrogens with zero attached hydrogens (tertiary/aromatic N) is 1. The van der Waals surface area contributed by atoms with Crippen LogP contribution in [-0.2, 0) is 4.74 Å². The molecule has 1 unspecified atom stereocenters. The van der Waals surface area contributed by atoms with E-state index in [1.54, 1.807) is 7.11 Å². The van der Waals surface area contributed by atoms with Crippen LogP contribution in [0, 0.1) is 0 Å². The first-order valence-corrected chi connectivity index (χ1v) is 5.12. The van der Waals surface area contributed by atoms with E-state index in [2.05, 4.69) is 5.16 Å². The lowest BCUT2D eigenvalue weighted by atomic mass is 10.1. The molecule has 0 aliphatic heterocycles. The van der Waals surface area contributed by atoms with E-state index < -0.39 is 0 Å². The molecule has 0 aromatic carbocycles. The van der Waals surface area contributed by atoms with Crippen LogP contribution in [0.3, 0.4) is 0 Å². The summed E-state index contributed by atoms with van der Waals surface area (Å²) in [5.74, 6) is 0. The van der Waals surface area contributed by atoms with E-state index in [1.807, 2.05) is 0 Å². The number of hydrogen-bond acceptors (Lipinski definition) is 3. The van der Waals surface area contributed by atoms with Crippen molar-refractivity contribution < 1.29 is 9.94 Å². The molecule has 76 valence electrons. The molecule has 0 amide bonds. The van der Waals surface area contributed by atoms with Crippen molar-refractivity contribution in [3.8, 4) is 0 Å². The number of rotatable bonds is 1. The standard InChI is InChI=1S/C10H19NO2/c1-13-10-8-6-4-2-3-5-7-9(10)11-12/h10,12H,2-8H2,1H3/b11-9+. The van der Waals surface area contributed by atoms with Gasteiger partial charge in [-0.3, -0.25) is 0 Å². The van der Waals surface area contributed by atoms with Gasteiger partial charge in [-0.25, -0.2) is 0 Å². The zero-order chi connectivity index (χ0) is 9.52. The number of oxime groups is 1. The SMILES string of the molecule is COC1CCCCCCC/C1=N\O. The summed E-state index contributed by atoms with van der Waals surface area (Å²) in [4.78, 5) is 0. The molecule has 1 aliphatic carbocycles. The van der Waals surface area contributed by atoms with E-state index >= 15 is 0 Å². The van der Waals surface area contributed by atoms with Crippen molar-refractivity contribution in [2.75, 3.05) is 7.11 Å². The van der Waals surface area contributed by atoms with Gasteiger partial charge in [-0.05, 0) is 19.3 Å². The van der Waals surface area contributed by atoms with Gasteiger partial charge in [0.1, 0.15) is 0 Å². The Hall–Kier alpha value is -0.570. The van der Waals surface area contributed by atoms with Gasteiger partial charge >= 0.3 is 0 Å². The summed E-state index contributed by atoms with van der Waals surface area (Å²) in [5, 5.41) is 12.1. The second kappa shape index (κ2) is 5.97. The monoisotopic (exact) mass is 185 g/mol. The Kier molecular flexibility index (Phi) is 4.83. The molecule has 3 nitrogen and oxygen atoms in total. The van der Waals surface area contributed by atoms with Crippen molar-refractivity contribution in [2.45, 2.75) is 51.0 Å². The highest BCUT2D eigenvalue weighted by Crippen LogP contribution is 2.17. The van der Waals surface area contributed by atoms with Crippen molar-refractivity contribution in [3.05, 3.63) is 0 Å². The third kappa shape index (κ3) is 3.35. The smallest absolute Gasteiger partial charge is 0.0985 e. The van der Waals surface area contributed by atoms with Crippen LogP contribution in [0.4, 0.5) is 0 Å². The highest BCUT2D eigenvalue weighted by atomic mass is 16.5. The molecule has 1 saturated carbocycles. The van der Waals surface area contributed by atoms with E-state index in [1.165, 1.54) is 25.7 Å². The molecule has 0 aromatic heterocycles. The molecule has 1 aliphatic rings. The van der Waals surface area contributed by atoms with E-state index in [9.17, 15) is 0 Å². The van der Waals surface area contributed by atoms with Gasteiger partial charge < -0.3 is 9.94 Å². The summed E-state index contributed by atoms with van der Waals surface area (Å²) < 4.78 is 5.29. The lowest BCUT2D eigenvalue weighted by molar-refractivity contribution is 0.140. The summed E-state index contributed by atoms with van der Waals surface area (Å²) in [6, 6.07) is 0. The molecule has 0 radical (unpaired) electrons. The molecule has 0 saturated heterocycles.